The predicted molar refractivity (Wildman–Crippen MR) is 61.3 cm³/mol. The van der Waals surface area contributed by atoms with Gasteiger partial charge in [0.1, 0.15) is 11.8 Å². The first kappa shape index (κ1) is 11.6. The van der Waals surface area contributed by atoms with Gasteiger partial charge in [-0.15, -0.1) is 0 Å². The van der Waals surface area contributed by atoms with Gasteiger partial charge in [0.25, 0.3) is 0 Å². The zero-order chi connectivity index (χ0) is 12.0. The largest absolute Gasteiger partial charge is 0.497 e. The molecule has 3 nitrogen and oxygen atoms in total. The van der Waals surface area contributed by atoms with Crippen molar-refractivity contribution in [3.05, 3.63) is 47.6 Å². The Balaban J connectivity index is 3.02. The highest BCUT2D eigenvalue weighted by molar-refractivity contribution is 5.66. The minimum Gasteiger partial charge on any atom is -0.497 e. The van der Waals surface area contributed by atoms with Crippen molar-refractivity contribution in [1.82, 2.24) is 0 Å². The van der Waals surface area contributed by atoms with Crippen LogP contribution in [0.3, 0.4) is 0 Å². The summed E-state index contributed by atoms with van der Waals surface area (Å²) in [6, 6.07) is 11.0. The second kappa shape index (κ2) is 5.38. The van der Waals surface area contributed by atoms with Crippen LogP contribution in [0.1, 0.15) is 5.56 Å². The minimum atomic E-state index is 0.165. The van der Waals surface area contributed by atoms with Crippen LogP contribution >= 0.6 is 0 Å². The molecule has 0 aliphatic rings. The number of nitriles is 2. The van der Waals surface area contributed by atoms with Gasteiger partial charge in [-0.1, -0.05) is 18.7 Å². The fourth-order valence-corrected chi connectivity index (χ4v) is 1.11. The average Bonchev–Trinajstić information content (AvgIpc) is 2.35. The fourth-order valence-electron chi connectivity index (χ4n) is 1.11. The number of methoxy groups -OCH3 is 1. The lowest BCUT2D eigenvalue weighted by atomic mass is 10.1. The average molecular weight is 210 g/mol. The van der Waals surface area contributed by atoms with Crippen LogP contribution in [0.2, 0.25) is 0 Å². The highest BCUT2D eigenvalue weighted by Crippen LogP contribution is 2.16. The van der Waals surface area contributed by atoms with Gasteiger partial charge in [-0.2, -0.15) is 10.5 Å². The molecule has 0 spiro atoms. The second-order valence-corrected chi connectivity index (χ2v) is 3.03. The van der Waals surface area contributed by atoms with Crippen LogP contribution in [0.5, 0.6) is 5.75 Å². The zero-order valence-electron chi connectivity index (χ0n) is 8.90. The van der Waals surface area contributed by atoms with Crippen molar-refractivity contribution < 1.29 is 4.74 Å². The molecule has 0 fully saturated rings. The lowest BCUT2D eigenvalue weighted by Crippen LogP contribution is -1.84. The molecule has 0 unspecified atom stereocenters. The van der Waals surface area contributed by atoms with Crippen molar-refractivity contribution in [2.24, 2.45) is 0 Å². The molecule has 0 aliphatic carbocycles. The Labute approximate surface area is 94.5 Å². The minimum absolute atomic E-state index is 0.165. The molecule has 0 aliphatic heterocycles. The summed E-state index contributed by atoms with van der Waals surface area (Å²) in [6.45, 7) is 3.50. The van der Waals surface area contributed by atoms with Gasteiger partial charge in [-0.05, 0) is 23.8 Å². The van der Waals surface area contributed by atoms with E-state index in [1.165, 1.54) is 0 Å². The molecular weight excluding hydrogens is 200 g/mol. The Morgan fingerprint density at radius 2 is 1.88 bits per heavy atom. The summed E-state index contributed by atoms with van der Waals surface area (Å²) in [4.78, 5) is 0. The van der Waals surface area contributed by atoms with Crippen molar-refractivity contribution in [3.63, 3.8) is 0 Å². The van der Waals surface area contributed by atoms with E-state index in [4.69, 9.17) is 15.3 Å². The van der Waals surface area contributed by atoms with Crippen LogP contribution in [0.4, 0.5) is 0 Å². The van der Waals surface area contributed by atoms with Gasteiger partial charge < -0.3 is 4.74 Å². The van der Waals surface area contributed by atoms with E-state index >= 15 is 0 Å². The molecule has 0 saturated heterocycles. The fraction of sp³-hybridized carbons (Fsp3) is 0.0769. The number of allylic oxidation sites excluding steroid dienone is 2. The molecule has 1 aromatic rings. The molecule has 3 heteroatoms. The standard InChI is InChI=1S/C13H10N2O/c1-10(8-14)12(9-15)7-11-3-5-13(16-2)6-4-11/h3-7H,1H2,2H3/b12-7+. The maximum Gasteiger partial charge on any atom is 0.118 e. The summed E-state index contributed by atoms with van der Waals surface area (Å²) in [5, 5.41) is 17.5. The van der Waals surface area contributed by atoms with Crippen molar-refractivity contribution in [1.29, 1.82) is 10.5 Å². The molecule has 0 bridgehead atoms. The van der Waals surface area contributed by atoms with Crippen LogP contribution in [0, 0.1) is 22.7 Å². The highest BCUT2D eigenvalue weighted by Gasteiger charge is 2.00. The van der Waals surface area contributed by atoms with Crippen molar-refractivity contribution >= 4 is 6.08 Å². The Bertz CT molecular complexity index is 498. The van der Waals surface area contributed by atoms with Crippen LogP contribution in [0.25, 0.3) is 6.08 Å². The Hall–Kier alpha value is -2.52. The molecular formula is C13H10N2O. The molecule has 0 aromatic heterocycles. The third-order valence-electron chi connectivity index (χ3n) is 2.01. The SMILES string of the molecule is C=C(C#N)/C(C#N)=C/c1ccc(OC)cc1. The van der Waals surface area contributed by atoms with Crippen LogP contribution in [0.15, 0.2) is 42.0 Å². The Kier molecular flexibility index (Phi) is 3.89. The van der Waals surface area contributed by atoms with E-state index in [9.17, 15) is 0 Å². The Morgan fingerprint density at radius 3 is 2.31 bits per heavy atom. The van der Waals surface area contributed by atoms with Crippen LogP contribution in [-0.4, -0.2) is 7.11 Å². The van der Waals surface area contributed by atoms with Crippen molar-refractivity contribution in [2.45, 2.75) is 0 Å². The van der Waals surface area contributed by atoms with Gasteiger partial charge in [-0.25, -0.2) is 0 Å². The molecule has 0 amide bonds. The molecule has 78 valence electrons. The van der Waals surface area contributed by atoms with Crippen LogP contribution < -0.4 is 4.74 Å². The maximum atomic E-state index is 8.83. The summed E-state index contributed by atoms with van der Waals surface area (Å²) in [7, 11) is 1.59. The third-order valence-corrected chi connectivity index (χ3v) is 2.01. The van der Waals surface area contributed by atoms with Gasteiger partial charge in [-0.3, -0.25) is 0 Å². The van der Waals surface area contributed by atoms with E-state index in [1.807, 2.05) is 12.1 Å². The monoisotopic (exact) mass is 210 g/mol. The van der Waals surface area contributed by atoms with Crippen molar-refractivity contribution in [3.8, 4) is 17.9 Å². The van der Waals surface area contributed by atoms with Crippen molar-refractivity contribution in [2.75, 3.05) is 7.11 Å². The van der Waals surface area contributed by atoms with E-state index in [0.717, 1.165) is 11.3 Å². The number of benzene rings is 1. The first-order chi connectivity index (χ1) is 7.71. The highest BCUT2D eigenvalue weighted by atomic mass is 16.5. The number of rotatable bonds is 3. The molecule has 0 heterocycles. The summed E-state index contributed by atoms with van der Waals surface area (Å²) in [6.07, 6.45) is 1.62. The number of nitrogens with zero attached hydrogens (tertiary/aromatic N) is 2. The summed E-state index contributed by atoms with van der Waals surface area (Å²) < 4.78 is 5.01. The molecule has 1 aromatic carbocycles. The van der Waals surface area contributed by atoms with Crippen LogP contribution in [-0.2, 0) is 0 Å². The smallest absolute Gasteiger partial charge is 0.118 e. The molecule has 1 rings (SSSR count). The van der Waals surface area contributed by atoms with E-state index < -0.39 is 0 Å². The number of hydrogen-bond acceptors (Lipinski definition) is 3. The number of hydrogen-bond donors (Lipinski definition) is 0. The normalized spacial score (nSPS) is 10.1. The maximum absolute atomic E-state index is 8.83. The molecule has 16 heavy (non-hydrogen) atoms. The lowest BCUT2D eigenvalue weighted by molar-refractivity contribution is 0.415. The van der Waals surface area contributed by atoms with Gasteiger partial charge >= 0.3 is 0 Å². The van der Waals surface area contributed by atoms with E-state index in [0.29, 0.717) is 0 Å². The quantitative estimate of drug-likeness (QED) is 0.569. The summed E-state index contributed by atoms with van der Waals surface area (Å²) >= 11 is 0. The number of ether oxygens (including phenoxy) is 1. The van der Waals surface area contributed by atoms with Gasteiger partial charge in [0.05, 0.1) is 24.3 Å². The van der Waals surface area contributed by atoms with Gasteiger partial charge in [0.15, 0.2) is 0 Å². The Morgan fingerprint density at radius 1 is 1.25 bits per heavy atom. The summed E-state index contributed by atoms with van der Waals surface area (Å²) in [5.41, 5.74) is 1.26. The lowest BCUT2D eigenvalue weighted by Gasteiger charge is -1.99. The van der Waals surface area contributed by atoms with Gasteiger partial charge in [0.2, 0.25) is 0 Å². The topological polar surface area (TPSA) is 56.8 Å². The zero-order valence-corrected chi connectivity index (χ0v) is 8.90. The molecule has 0 radical (unpaired) electrons. The van der Waals surface area contributed by atoms with E-state index in [2.05, 4.69) is 6.58 Å². The van der Waals surface area contributed by atoms with Gasteiger partial charge in [0, 0.05) is 0 Å². The molecule has 0 saturated carbocycles. The first-order valence-corrected chi connectivity index (χ1v) is 4.56. The molecule has 0 N–H and O–H groups in total. The van der Waals surface area contributed by atoms with E-state index in [-0.39, 0.29) is 11.1 Å². The summed E-state index contributed by atoms with van der Waals surface area (Å²) in [5.74, 6) is 0.745. The predicted octanol–water partition coefficient (Wildman–Crippen LogP) is 2.68. The molecule has 0 atom stereocenters. The third kappa shape index (κ3) is 2.73. The van der Waals surface area contributed by atoms with E-state index in [1.54, 1.807) is 37.5 Å². The second-order valence-electron chi connectivity index (χ2n) is 3.03. The first-order valence-electron chi connectivity index (χ1n) is 4.56.